The molecular weight excluding hydrogens is 294 g/mol. The summed E-state index contributed by atoms with van der Waals surface area (Å²) >= 11 is 0. The number of hydrogen-bond acceptors (Lipinski definition) is 5. The minimum atomic E-state index is -0.249. The largest absolute Gasteiger partial charge is 0.497 e. The van der Waals surface area contributed by atoms with Crippen LogP contribution < -0.4 is 20.2 Å². The van der Waals surface area contributed by atoms with Gasteiger partial charge in [-0.1, -0.05) is 12.1 Å². The lowest BCUT2D eigenvalue weighted by molar-refractivity contribution is -0.119. The highest BCUT2D eigenvalue weighted by molar-refractivity contribution is 5.84. The molecule has 0 aromatic heterocycles. The zero-order valence-electron chi connectivity index (χ0n) is 13.1. The van der Waals surface area contributed by atoms with Crippen LogP contribution in [0.4, 0.5) is 5.69 Å². The molecule has 0 spiro atoms. The van der Waals surface area contributed by atoms with Crippen LogP contribution in [0.2, 0.25) is 0 Å². The van der Waals surface area contributed by atoms with Crippen LogP contribution >= 0.6 is 0 Å². The van der Waals surface area contributed by atoms with Gasteiger partial charge in [0.25, 0.3) is 5.91 Å². The van der Waals surface area contributed by atoms with E-state index in [1.807, 2.05) is 48.5 Å². The number of carbonyl (C=O) groups excluding carboxylic acids is 1. The Morgan fingerprint density at radius 3 is 2.52 bits per heavy atom. The van der Waals surface area contributed by atoms with E-state index in [2.05, 4.69) is 15.8 Å². The first-order valence-electron chi connectivity index (χ1n) is 7.06. The Balaban J connectivity index is 1.81. The minimum absolute atomic E-state index is 0.0975. The Bertz CT molecular complexity index is 669. The maximum atomic E-state index is 11.8. The summed E-state index contributed by atoms with van der Waals surface area (Å²) in [6, 6.07) is 14.7. The van der Waals surface area contributed by atoms with Crippen molar-refractivity contribution in [3.63, 3.8) is 0 Å². The molecule has 0 aliphatic carbocycles. The SMILES string of the molecule is COc1ccc(C=NNC(=O)CNc2ccccc2OC)cc1. The van der Waals surface area contributed by atoms with E-state index in [1.54, 1.807) is 20.4 Å². The molecule has 0 bridgehead atoms. The number of rotatable bonds is 7. The molecule has 0 aliphatic rings. The van der Waals surface area contributed by atoms with Gasteiger partial charge in [-0.05, 0) is 42.0 Å². The Morgan fingerprint density at radius 2 is 1.83 bits per heavy atom. The van der Waals surface area contributed by atoms with Crippen molar-refractivity contribution in [1.82, 2.24) is 5.43 Å². The average molecular weight is 313 g/mol. The van der Waals surface area contributed by atoms with Crippen LogP contribution in [0.3, 0.4) is 0 Å². The third-order valence-electron chi connectivity index (χ3n) is 3.07. The van der Waals surface area contributed by atoms with Gasteiger partial charge in [-0.2, -0.15) is 5.10 Å². The number of ether oxygens (including phenoxy) is 2. The second-order valence-electron chi connectivity index (χ2n) is 4.62. The Labute approximate surface area is 135 Å². The van der Waals surface area contributed by atoms with E-state index in [-0.39, 0.29) is 12.5 Å². The van der Waals surface area contributed by atoms with Gasteiger partial charge < -0.3 is 14.8 Å². The first-order valence-corrected chi connectivity index (χ1v) is 7.06. The number of anilines is 1. The molecule has 2 rings (SSSR count). The molecule has 0 radical (unpaired) electrons. The normalized spacial score (nSPS) is 10.3. The van der Waals surface area contributed by atoms with E-state index in [9.17, 15) is 4.79 Å². The van der Waals surface area contributed by atoms with Crippen molar-refractivity contribution in [3.8, 4) is 11.5 Å². The molecule has 2 aromatic carbocycles. The van der Waals surface area contributed by atoms with Gasteiger partial charge in [-0.15, -0.1) is 0 Å². The van der Waals surface area contributed by atoms with E-state index >= 15 is 0 Å². The summed E-state index contributed by atoms with van der Waals surface area (Å²) in [4.78, 5) is 11.8. The summed E-state index contributed by atoms with van der Waals surface area (Å²) in [6.45, 7) is 0.0975. The number of nitrogens with zero attached hydrogens (tertiary/aromatic N) is 1. The Kier molecular flexibility index (Phi) is 5.99. The monoisotopic (exact) mass is 313 g/mol. The minimum Gasteiger partial charge on any atom is -0.497 e. The predicted molar refractivity (Wildman–Crippen MR) is 90.2 cm³/mol. The van der Waals surface area contributed by atoms with Crippen molar-refractivity contribution in [2.75, 3.05) is 26.1 Å². The highest BCUT2D eigenvalue weighted by atomic mass is 16.5. The summed E-state index contributed by atoms with van der Waals surface area (Å²) in [5, 5.41) is 6.92. The van der Waals surface area contributed by atoms with Crippen LogP contribution in [0.25, 0.3) is 0 Å². The third kappa shape index (κ3) is 5.03. The van der Waals surface area contributed by atoms with Crippen LogP contribution in [-0.2, 0) is 4.79 Å². The summed E-state index contributed by atoms with van der Waals surface area (Å²) in [5.41, 5.74) is 4.08. The average Bonchev–Trinajstić information content (AvgIpc) is 2.60. The van der Waals surface area contributed by atoms with Crippen molar-refractivity contribution in [3.05, 3.63) is 54.1 Å². The van der Waals surface area contributed by atoms with Gasteiger partial charge in [0.05, 0.1) is 32.7 Å². The quantitative estimate of drug-likeness (QED) is 0.607. The zero-order valence-corrected chi connectivity index (χ0v) is 13.1. The van der Waals surface area contributed by atoms with Gasteiger partial charge in [0.15, 0.2) is 0 Å². The highest BCUT2D eigenvalue weighted by Crippen LogP contribution is 2.22. The van der Waals surface area contributed by atoms with E-state index in [0.717, 1.165) is 17.0 Å². The standard InChI is InChI=1S/C17H19N3O3/c1-22-14-9-7-13(8-10-14)11-19-20-17(21)12-18-15-5-3-4-6-16(15)23-2/h3-11,18H,12H2,1-2H3,(H,20,21). The van der Waals surface area contributed by atoms with Crippen LogP contribution in [0.15, 0.2) is 53.6 Å². The molecule has 0 unspecified atom stereocenters. The molecule has 120 valence electrons. The number of carbonyl (C=O) groups is 1. The lowest BCUT2D eigenvalue weighted by Crippen LogP contribution is -2.26. The van der Waals surface area contributed by atoms with Gasteiger partial charge in [-0.3, -0.25) is 4.79 Å². The van der Waals surface area contributed by atoms with Crippen molar-refractivity contribution in [1.29, 1.82) is 0 Å². The van der Waals surface area contributed by atoms with E-state index in [0.29, 0.717) is 5.75 Å². The van der Waals surface area contributed by atoms with Crippen molar-refractivity contribution in [2.45, 2.75) is 0 Å². The smallest absolute Gasteiger partial charge is 0.259 e. The number of nitrogens with one attached hydrogen (secondary N) is 2. The Hall–Kier alpha value is -3.02. The molecule has 2 aromatic rings. The molecule has 23 heavy (non-hydrogen) atoms. The maximum Gasteiger partial charge on any atom is 0.259 e. The lowest BCUT2D eigenvalue weighted by atomic mass is 10.2. The molecule has 1 amide bonds. The first kappa shape index (κ1) is 16.4. The molecule has 0 fully saturated rings. The van der Waals surface area contributed by atoms with Crippen LogP contribution in [0.5, 0.6) is 11.5 Å². The molecule has 0 atom stereocenters. The zero-order chi connectivity index (χ0) is 16.5. The van der Waals surface area contributed by atoms with Crippen LogP contribution in [-0.4, -0.2) is 32.9 Å². The first-order chi connectivity index (χ1) is 11.2. The fraction of sp³-hybridized carbons (Fsp3) is 0.176. The molecule has 0 heterocycles. The number of hydrazone groups is 1. The van der Waals surface area contributed by atoms with E-state index in [1.165, 1.54) is 0 Å². The molecule has 6 nitrogen and oxygen atoms in total. The van der Waals surface area contributed by atoms with Crippen LogP contribution in [0.1, 0.15) is 5.56 Å². The molecule has 2 N–H and O–H groups in total. The predicted octanol–water partition coefficient (Wildman–Crippen LogP) is 2.27. The number of benzene rings is 2. The van der Waals surface area contributed by atoms with Gasteiger partial charge in [0, 0.05) is 0 Å². The summed E-state index contributed by atoms with van der Waals surface area (Å²) in [6.07, 6.45) is 1.57. The van der Waals surface area contributed by atoms with Crippen LogP contribution in [0, 0.1) is 0 Å². The topological polar surface area (TPSA) is 72.0 Å². The molecular formula is C17H19N3O3. The maximum absolute atomic E-state index is 11.8. The Morgan fingerprint density at radius 1 is 1.09 bits per heavy atom. The molecule has 0 saturated heterocycles. The summed E-state index contributed by atoms with van der Waals surface area (Å²) < 4.78 is 10.3. The van der Waals surface area contributed by atoms with Gasteiger partial charge in [0.2, 0.25) is 0 Å². The number of para-hydroxylation sites is 2. The van der Waals surface area contributed by atoms with E-state index in [4.69, 9.17) is 9.47 Å². The highest BCUT2D eigenvalue weighted by Gasteiger charge is 2.03. The number of amides is 1. The van der Waals surface area contributed by atoms with Crippen molar-refractivity contribution < 1.29 is 14.3 Å². The molecule has 0 saturated carbocycles. The van der Waals surface area contributed by atoms with Crippen molar-refractivity contribution >= 4 is 17.8 Å². The van der Waals surface area contributed by atoms with Crippen molar-refractivity contribution in [2.24, 2.45) is 5.10 Å². The number of hydrogen-bond donors (Lipinski definition) is 2. The fourth-order valence-corrected chi connectivity index (χ4v) is 1.87. The molecule has 0 aliphatic heterocycles. The van der Waals surface area contributed by atoms with Gasteiger partial charge >= 0.3 is 0 Å². The van der Waals surface area contributed by atoms with Gasteiger partial charge in [0.1, 0.15) is 11.5 Å². The second-order valence-corrected chi connectivity index (χ2v) is 4.62. The third-order valence-corrected chi connectivity index (χ3v) is 3.07. The summed E-state index contributed by atoms with van der Waals surface area (Å²) in [7, 11) is 3.19. The lowest BCUT2D eigenvalue weighted by Gasteiger charge is -2.09. The van der Waals surface area contributed by atoms with Gasteiger partial charge in [-0.25, -0.2) is 5.43 Å². The summed E-state index contributed by atoms with van der Waals surface area (Å²) in [5.74, 6) is 1.20. The number of methoxy groups -OCH3 is 2. The second kappa shape index (κ2) is 8.43. The van der Waals surface area contributed by atoms with E-state index < -0.39 is 0 Å². The fourth-order valence-electron chi connectivity index (χ4n) is 1.87. The molecule has 6 heteroatoms.